The number of allylic oxidation sites excluding steroid dienone is 1. The van der Waals surface area contributed by atoms with Crippen LogP contribution in [-0.2, 0) is 15.9 Å². The molecule has 0 fully saturated rings. The molecular weight excluding hydrogens is 1010 g/mol. The van der Waals surface area contributed by atoms with Crippen molar-refractivity contribution in [3.63, 3.8) is 0 Å². The first-order valence-corrected chi connectivity index (χ1v) is 29.6. The average molecular weight is 1020 g/mol. The van der Waals surface area contributed by atoms with Gasteiger partial charge in [-0.25, -0.2) is 0 Å². The number of benzene rings is 20. The Morgan fingerprint density at radius 1 is 0.325 bits per heavy atom. The van der Waals surface area contributed by atoms with E-state index in [1.54, 1.807) is 97.0 Å². The molecule has 0 atom stereocenters. The van der Waals surface area contributed by atoms with Crippen LogP contribution in [0.1, 0.15) is 54.9 Å². The average Bonchev–Trinajstić information content (AvgIpc) is 1.42. The zero-order valence-corrected chi connectivity index (χ0v) is 41.7. The van der Waals surface area contributed by atoms with Crippen molar-refractivity contribution in [3.8, 4) is 12.1 Å². The normalized spacial score (nSPS) is 21.0. The molecule has 6 aliphatic rings. The van der Waals surface area contributed by atoms with E-state index in [2.05, 4.69) is 24.3 Å². The smallest absolute Gasteiger partial charge is 0.209 e. The number of fused-ring (bicyclic) bond motifs is 2. The predicted molar refractivity (Wildman–Crippen MR) is 335 cm³/mol. The molecule has 30 aromatic rings. The van der Waals surface area contributed by atoms with E-state index in [-0.39, 0.29) is 11.4 Å². The first-order valence-electron chi connectivity index (χ1n) is 29.6. The van der Waals surface area contributed by atoms with Crippen molar-refractivity contribution in [2.75, 3.05) is 0 Å². The molecule has 83 heavy (non-hydrogen) atoms. The number of oxime groups is 1. The third-order valence-electron chi connectivity index (χ3n) is 27.6. The summed E-state index contributed by atoms with van der Waals surface area (Å²) in [6.07, 6.45) is 0. The SMILES string of the molecule is N#CC(C#N)=C1c2ccccc2C(=O)c2ccc(C3=NOC45c6c7c8c9c%10c%11c(c%12c%13c4c4c6c6c%14c7c7c8c8c%10c%10c%15c%11c%11c%12c%12c%13c%13c4c4c6c6c%14c%14c7c7c8c%10c8c%10c%15c%11c%11c%12c%12c%13c4c4c6c6c%14c7c8c7c%10c%11c%12c4c67)C395)cc21. The molecule has 2 spiro atoms. The van der Waals surface area contributed by atoms with Crippen molar-refractivity contribution in [1.82, 2.24) is 0 Å². The summed E-state index contributed by atoms with van der Waals surface area (Å²) in [5.41, 5.74) is 7.97. The summed E-state index contributed by atoms with van der Waals surface area (Å²) in [7, 11) is 0. The molecule has 1 heterocycles. The Kier molecular flexibility index (Phi) is 2.94. The standard InChI is InChI=1S/C78H7N3O2/c79-8-11(9-80)16-12-3-1-2-4-13(12)75(82)14-6-5-10(7-15(14)16)76-77-71-63-55-45-35-27-19-17-18-21-25-23(19)31-39-33(25)43-37-29(21)30-22(18)26-24-20(17)28(27)36-42-32(24)40-34(26)44-38(30)48-47(37)59-53(43)61-51(39)57(49(55)41(31)35)65(71)67(61)73-69(59)70-60(48)54(44)62-52(40)58-50(42)56(46(36)45)64(63)72(77)66(58)68(62)74(70)78(73,77)83-81-76/h1-7H. The Labute approximate surface area is 451 Å². The van der Waals surface area contributed by atoms with E-state index in [0.717, 1.165) is 11.3 Å². The van der Waals surface area contributed by atoms with Gasteiger partial charge in [0.2, 0.25) is 5.60 Å². The fourth-order valence-electron chi connectivity index (χ4n) is 26.9. The minimum absolute atomic E-state index is 0.00214. The lowest BCUT2D eigenvalue weighted by molar-refractivity contribution is -0.0122. The van der Waals surface area contributed by atoms with Crippen molar-refractivity contribution >= 4 is 308 Å². The molecule has 0 unspecified atom stereocenters. The fourth-order valence-corrected chi connectivity index (χ4v) is 26.9. The number of nitriles is 2. The highest BCUT2D eigenvalue weighted by molar-refractivity contribution is 6.82. The van der Waals surface area contributed by atoms with Gasteiger partial charge < -0.3 is 4.84 Å². The lowest BCUT2D eigenvalue weighted by Gasteiger charge is -2.47. The maximum atomic E-state index is 14.9. The Morgan fingerprint density at radius 2 is 0.590 bits per heavy atom. The number of ketones is 1. The molecule has 30 aromatic carbocycles. The lowest BCUT2D eigenvalue weighted by atomic mass is 9.52. The largest absolute Gasteiger partial charge is 0.377 e. The summed E-state index contributed by atoms with van der Waals surface area (Å²) in [5, 5.41) is 109. The summed E-state index contributed by atoms with van der Waals surface area (Å²) in [4.78, 5) is 23.1. The highest BCUT2D eigenvalue weighted by Gasteiger charge is 2.76. The van der Waals surface area contributed by atoms with Crippen molar-refractivity contribution in [2.45, 2.75) is 11.0 Å². The van der Waals surface area contributed by atoms with Crippen LogP contribution in [0.25, 0.3) is 296 Å². The van der Waals surface area contributed by atoms with Gasteiger partial charge in [0.1, 0.15) is 28.8 Å². The minimum Gasteiger partial charge on any atom is -0.377 e. The molecule has 346 valence electrons. The number of carbonyl (C=O) groups is 1. The minimum atomic E-state index is -1.07. The maximum absolute atomic E-state index is 14.9. The van der Waals surface area contributed by atoms with Gasteiger partial charge in [-0.15, -0.1) is 0 Å². The number of hydrogen-bond acceptors (Lipinski definition) is 5. The Balaban J connectivity index is 0.965. The molecule has 0 N–H and O–H groups in total. The summed E-state index contributed by atoms with van der Waals surface area (Å²) >= 11 is 0. The number of hydrogen-bond donors (Lipinski definition) is 0. The van der Waals surface area contributed by atoms with Gasteiger partial charge >= 0.3 is 0 Å². The van der Waals surface area contributed by atoms with E-state index in [4.69, 9.17) is 9.99 Å². The molecule has 5 heteroatoms. The summed E-state index contributed by atoms with van der Waals surface area (Å²) in [6, 6.07) is 18.3. The highest BCUT2D eigenvalue weighted by atomic mass is 16.7. The fraction of sp³-hybridized carbons (Fsp3) is 0.0256. The van der Waals surface area contributed by atoms with Crippen molar-refractivity contribution in [1.29, 1.82) is 10.5 Å². The summed E-state index contributed by atoms with van der Waals surface area (Å²) < 4.78 is 0. The second-order valence-electron chi connectivity index (χ2n) is 28.3. The van der Waals surface area contributed by atoms with Crippen molar-refractivity contribution in [2.24, 2.45) is 5.16 Å². The van der Waals surface area contributed by atoms with Gasteiger partial charge in [-0.05, 0) is 325 Å². The topological polar surface area (TPSA) is 86.2 Å². The van der Waals surface area contributed by atoms with Crippen LogP contribution in [0.15, 0.2) is 53.2 Å². The van der Waals surface area contributed by atoms with Crippen LogP contribution >= 0.6 is 0 Å². The molecule has 0 aromatic heterocycles. The molecular formula is C78H7N3O2. The zero-order chi connectivity index (χ0) is 50.5. The second-order valence-corrected chi connectivity index (χ2v) is 28.3. The number of carbonyl (C=O) groups excluding carboxylic acids is 1. The van der Waals surface area contributed by atoms with E-state index >= 15 is 0 Å². The monoisotopic (exact) mass is 1020 g/mol. The Bertz CT molecular complexity index is 8350. The molecule has 0 amide bonds. The van der Waals surface area contributed by atoms with Gasteiger partial charge in [0.05, 0.1) is 0 Å². The number of nitrogens with zero attached hydrogens (tertiary/aromatic N) is 3. The van der Waals surface area contributed by atoms with E-state index in [1.807, 2.05) is 30.3 Å². The lowest BCUT2D eigenvalue weighted by Crippen LogP contribution is -2.54. The van der Waals surface area contributed by atoms with Crippen LogP contribution in [0.2, 0.25) is 0 Å². The maximum Gasteiger partial charge on any atom is 0.209 e. The van der Waals surface area contributed by atoms with Crippen molar-refractivity contribution in [3.05, 3.63) is 98.1 Å². The molecule has 5 nitrogen and oxygen atoms in total. The van der Waals surface area contributed by atoms with Gasteiger partial charge in [-0.3, -0.25) is 4.79 Å². The Morgan fingerprint density at radius 3 is 0.892 bits per heavy atom. The molecule has 0 saturated heterocycles. The molecule has 1 aliphatic heterocycles. The molecule has 36 rings (SSSR count). The van der Waals surface area contributed by atoms with Crippen LogP contribution in [0.4, 0.5) is 0 Å². The van der Waals surface area contributed by atoms with Crippen molar-refractivity contribution < 1.29 is 9.63 Å². The van der Waals surface area contributed by atoms with Crippen LogP contribution in [0, 0.1) is 22.7 Å². The summed E-state index contributed by atoms with van der Waals surface area (Å²) in [5.74, 6) is -0.101. The third-order valence-corrected chi connectivity index (χ3v) is 27.6. The molecule has 0 radical (unpaired) electrons. The second kappa shape index (κ2) is 7.61. The highest BCUT2D eigenvalue weighted by Crippen LogP contribution is 2.85. The Hall–Kier alpha value is -11.2. The van der Waals surface area contributed by atoms with E-state index in [9.17, 15) is 15.3 Å². The van der Waals surface area contributed by atoms with Gasteiger partial charge in [0, 0.05) is 33.4 Å². The van der Waals surface area contributed by atoms with E-state index in [1.165, 1.54) is 216 Å². The van der Waals surface area contributed by atoms with Crippen LogP contribution in [-0.4, -0.2) is 11.5 Å². The molecule has 5 aliphatic carbocycles. The predicted octanol–water partition coefficient (Wildman–Crippen LogP) is 19.1. The zero-order valence-electron chi connectivity index (χ0n) is 41.7. The first-order chi connectivity index (χ1) is 41.2. The van der Waals surface area contributed by atoms with Crippen LogP contribution < -0.4 is 0 Å². The van der Waals surface area contributed by atoms with Gasteiger partial charge in [-0.2, -0.15) is 10.5 Å². The number of rotatable bonds is 1. The molecule has 0 saturated carbocycles. The van der Waals surface area contributed by atoms with Gasteiger partial charge in [0.25, 0.3) is 0 Å². The van der Waals surface area contributed by atoms with E-state index in [0.29, 0.717) is 27.8 Å². The van der Waals surface area contributed by atoms with Crippen LogP contribution in [0.5, 0.6) is 0 Å². The summed E-state index contributed by atoms with van der Waals surface area (Å²) in [6.45, 7) is 0. The molecule has 0 bridgehead atoms. The van der Waals surface area contributed by atoms with E-state index < -0.39 is 11.0 Å². The van der Waals surface area contributed by atoms with Gasteiger partial charge in [-0.1, -0.05) is 35.5 Å². The first kappa shape index (κ1) is 32.1. The van der Waals surface area contributed by atoms with Crippen LogP contribution in [0.3, 0.4) is 0 Å². The van der Waals surface area contributed by atoms with Gasteiger partial charge in [0.15, 0.2) is 5.78 Å². The third kappa shape index (κ3) is 1.85. The quantitative estimate of drug-likeness (QED) is 0.121.